The number of aliphatic hydroxyl groups is 1. The molecule has 0 radical (unpaired) electrons. The van der Waals surface area contributed by atoms with Crippen molar-refractivity contribution in [1.82, 2.24) is 9.80 Å². The molecule has 1 aliphatic rings. The third-order valence-corrected chi connectivity index (χ3v) is 2.91. The maximum atomic E-state index is 12.1. The molecule has 5 heteroatoms. The van der Waals surface area contributed by atoms with Crippen molar-refractivity contribution in [3.8, 4) is 0 Å². The van der Waals surface area contributed by atoms with Gasteiger partial charge in [-0.05, 0) is 19.9 Å². The molecular weight excluding hydrogens is 220 g/mol. The third-order valence-electron chi connectivity index (χ3n) is 2.91. The van der Waals surface area contributed by atoms with Crippen LogP contribution in [-0.2, 0) is 9.53 Å². The topological polar surface area (TPSA) is 53.0 Å². The lowest BCUT2D eigenvalue weighted by molar-refractivity contribution is -0.139. The molecule has 0 bridgehead atoms. The van der Waals surface area contributed by atoms with Crippen LogP contribution in [0.5, 0.6) is 0 Å². The fourth-order valence-electron chi connectivity index (χ4n) is 2.06. The van der Waals surface area contributed by atoms with Crippen LogP contribution in [0.2, 0.25) is 0 Å². The molecule has 0 spiro atoms. The van der Waals surface area contributed by atoms with Gasteiger partial charge in [0, 0.05) is 19.6 Å². The first kappa shape index (κ1) is 14.4. The monoisotopic (exact) mass is 244 g/mol. The number of hydrogen-bond acceptors (Lipinski definition) is 4. The van der Waals surface area contributed by atoms with Gasteiger partial charge < -0.3 is 14.7 Å². The Morgan fingerprint density at radius 2 is 2.29 bits per heavy atom. The molecule has 1 aliphatic heterocycles. The number of aliphatic hydroxyl groups excluding tert-OH is 1. The SMILES string of the molecule is CCCN(CCO)CC(=O)N1CCOC(C)C1. The van der Waals surface area contributed by atoms with Crippen molar-refractivity contribution in [3.63, 3.8) is 0 Å². The van der Waals surface area contributed by atoms with Crippen LogP contribution >= 0.6 is 0 Å². The number of carbonyl (C=O) groups excluding carboxylic acids is 1. The Morgan fingerprint density at radius 1 is 1.53 bits per heavy atom. The van der Waals surface area contributed by atoms with E-state index in [1.807, 2.05) is 16.7 Å². The van der Waals surface area contributed by atoms with Gasteiger partial charge in [-0.2, -0.15) is 0 Å². The van der Waals surface area contributed by atoms with Crippen molar-refractivity contribution in [2.24, 2.45) is 0 Å². The minimum Gasteiger partial charge on any atom is -0.395 e. The van der Waals surface area contributed by atoms with E-state index in [1.54, 1.807) is 0 Å². The number of hydrogen-bond donors (Lipinski definition) is 1. The first-order valence-corrected chi connectivity index (χ1v) is 6.40. The summed E-state index contributed by atoms with van der Waals surface area (Å²) in [5, 5.41) is 8.94. The second-order valence-electron chi connectivity index (χ2n) is 4.52. The third kappa shape index (κ3) is 5.02. The summed E-state index contributed by atoms with van der Waals surface area (Å²) >= 11 is 0. The Bertz CT molecular complexity index is 230. The summed E-state index contributed by atoms with van der Waals surface area (Å²) in [4.78, 5) is 15.9. The van der Waals surface area contributed by atoms with Crippen molar-refractivity contribution in [2.45, 2.75) is 26.4 Å². The summed E-state index contributed by atoms with van der Waals surface area (Å²) in [7, 11) is 0. The maximum Gasteiger partial charge on any atom is 0.236 e. The first-order chi connectivity index (χ1) is 8.17. The quantitative estimate of drug-likeness (QED) is 0.711. The van der Waals surface area contributed by atoms with Gasteiger partial charge in [-0.3, -0.25) is 9.69 Å². The van der Waals surface area contributed by atoms with E-state index in [9.17, 15) is 4.79 Å². The number of rotatable bonds is 6. The molecule has 1 amide bonds. The lowest BCUT2D eigenvalue weighted by Crippen LogP contribution is -2.48. The van der Waals surface area contributed by atoms with Crippen LogP contribution in [0.1, 0.15) is 20.3 Å². The fourth-order valence-corrected chi connectivity index (χ4v) is 2.06. The predicted molar refractivity (Wildman–Crippen MR) is 65.8 cm³/mol. The molecule has 0 aromatic carbocycles. The van der Waals surface area contributed by atoms with E-state index in [1.165, 1.54) is 0 Å². The van der Waals surface area contributed by atoms with E-state index in [0.29, 0.717) is 32.8 Å². The minimum atomic E-state index is 0.104. The summed E-state index contributed by atoms with van der Waals surface area (Å²) in [6.07, 6.45) is 1.12. The minimum absolute atomic E-state index is 0.104. The molecule has 1 unspecified atom stereocenters. The molecule has 1 saturated heterocycles. The average Bonchev–Trinajstić information content (AvgIpc) is 2.29. The molecule has 1 atom stereocenters. The Morgan fingerprint density at radius 3 is 2.88 bits per heavy atom. The highest BCUT2D eigenvalue weighted by atomic mass is 16.5. The molecule has 0 aromatic heterocycles. The maximum absolute atomic E-state index is 12.1. The number of nitrogens with zero attached hydrogens (tertiary/aromatic N) is 2. The molecule has 1 N–H and O–H groups in total. The molecule has 0 aliphatic carbocycles. The van der Waals surface area contributed by atoms with Gasteiger partial charge in [-0.25, -0.2) is 0 Å². The van der Waals surface area contributed by atoms with E-state index in [4.69, 9.17) is 9.84 Å². The van der Waals surface area contributed by atoms with Crippen molar-refractivity contribution >= 4 is 5.91 Å². The van der Waals surface area contributed by atoms with Crippen molar-refractivity contribution in [1.29, 1.82) is 0 Å². The number of morpholine rings is 1. The molecule has 17 heavy (non-hydrogen) atoms. The highest BCUT2D eigenvalue weighted by Crippen LogP contribution is 2.05. The van der Waals surface area contributed by atoms with E-state index in [2.05, 4.69) is 6.92 Å². The summed E-state index contributed by atoms with van der Waals surface area (Å²) in [5.41, 5.74) is 0. The Balaban J connectivity index is 2.39. The van der Waals surface area contributed by atoms with E-state index >= 15 is 0 Å². The number of carbonyl (C=O) groups is 1. The molecule has 0 saturated carbocycles. The van der Waals surface area contributed by atoms with Crippen LogP contribution in [0.3, 0.4) is 0 Å². The van der Waals surface area contributed by atoms with Gasteiger partial charge >= 0.3 is 0 Å². The number of amides is 1. The van der Waals surface area contributed by atoms with Gasteiger partial charge in [0.2, 0.25) is 5.91 Å². The van der Waals surface area contributed by atoms with Crippen LogP contribution in [0, 0.1) is 0 Å². The highest BCUT2D eigenvalue weighted by Gasteiger charge is 2.22. The zero-order valence-electron chi connectivity index (χ0n) is 10.9. The second kappa shape index (κ2) is 7.63. The van der Waals surface area contributed by atoms with Gasteiger partial charge in [-0.1, -0.05) is 6.92 Å². The van der Waals surface area contributed by atoms with Crippen molar-refractivity contribution < 1.29 is 14.6 Å². The molecular formula is C12H24N2O3. The van der Waals surface area contributed by atoms with Gasteiger partial charge in [0.05, 0.1) is 25.9 Å². The van der Waals surface area contributed by atoms with Gasteiger partial charge in [0.15, 0.2) is 0 Å². The smallest absolute Gasteiger partial charge is 0.236 e. The normalized spacial score (nSPS) is 20.9. The van der Waals surface area contributed by atoms with Crippen LogP contribution in [0.25, 0.3) is 0 Å². The van der Waals surface area contributed by atoms with E-state index in [-0.39, 0.29) is 18.6 Å². The Hall–Kier alpha value is -0.650. The summed E-state index contributed by atoms with van der Waals surface area (Å²) in [5.74, 6) is 0.141. The average molecular weight is 244 g/mol. The predicted octanol–water partition coefficient (Wildman–Crippen LogP) is -0.0620. The molecule has 1 rings (SSSR count). The molecule has 5 nitrogen and oxygen atoms in total. The summed E-state index contributed by atoms with van der Waals surface area (Å²) in [6.45, 7) is 7.98. The van der Waals surface area contributed by atoms with Crippen LogP contribution in [0.15, 0.2) is 0 Å². The van der Waals surface area contributed by atoms with Gasteiger partial charge in [0.25, 0.3) is 0 Å². The van der Waals surface area contributed by atoms with E-state index in [0.717, 1.165) is 13.0 Å². The fraction of sp³-hybridized carbons (Fsp3) is 0.917. The first-order valence-electron chi connectivity index (χ1n) is 6.40. The molecule has 0 aromatic rings. The molecule has 1 heterocycles. The Kier molecular flexibility index (Phi) is 6.47. The van der Waals surface area contributed by atoms with Crippen LogP contribution in [-0.4, -0.2) is 72.9 Å². The highest BCUT2D eigenvalue weighted by molar-refractivity contribution is 5.78. The lowest BCUT2D eigenvalue weighted by Gasteiger charge is -2.32. The zero-order valence-corrected chi connectivity index (χ0v) is 10.9. The summed E-state index contributed by atoms with van der Waals surface area (Å²) < 4.78 is 5.41. The second-order valence-corrected chi connectivity index (χ2v) is 4.52. The molecule has 1 fully saturated rings. The van der Waals surface area contributed by atoms with Crippen LogP contribution in [0.4, 0.5) is 0 Å². The summed E-state index contributed by atoms with van der Waals surface area (Å²) in [6, 6.07) is 0. The van der Waals surface area contributed by atoms with Gasteiger partial charge in [0.1, 0.15) is 0 Å². The van der Waals surface area contributed by atoms with Gasteiger partial charge in [-0.15, -0.1) is 0 Å². The lowest BCUT2D eigenvalue weighted by atomic mass is 10.3. The number of ether oxygens (including phenoxy) is 1. The standard InChI is InChI=1S/C12H24N2O3/c1-3-4-13(5-7-15)10-12(16)14-6-8-17-11(2)9-14/h11,15H,3-10H2,1-2H3. The van der Waals surface area contributed by atoms with Crippen LogP contribution < -0.4 is 0 Å². The largest absolute Gasteiger partial charge is 0.395 e. The zero-order chi connectivity index (χ0) is 12.7. The molecule has 100 valence electrons. The van der Waals surface area contributed by atoms with Crippen molar-refractivity contribution in [2.75, 3.05) is 45.9 Å². The van der Waals surface area contributed by atoms with Crippen molar-refractivity contribution in [3.05, 3.63) is 0 Å². The van der Waals surface area contributed by atoms with E-state index < -0.39 is 0 Å². The Labute approximate surface area is 103 Å².